The van der Waals surface area contributed by atoms with Crippen LogP contribution in [0.4, 0.5) is 0 Å². The number of hydrogen-bond acceptors (Lipinski definition) is 4. The van der Waals surface area contributed by atoms with E-state index >= 15 is 0 Å². The Hall–Kier alpha value is -1.95. The topological polar surface area (TPSA) is 79.7 Å². The molecule has 1 saturated heterocycles. The quantitative estimate of drug-likeness (QED) is 0.885. The molecule has 1 amide bonds. The third-order valence-corrected chi connectivity index (χ3v) is 5.52. The summed E-state index contributed by atoms with van der Waals surface area (Å²) in [5.74, 6) is -0.950. The Morgan fingerprint density at radius 2 is 2.12 bits per heavy atom. The van der Waals surface area contributed by atoms with E-state index in [0.717, 1.165) is 36.9 Å². The van der Waals surface area contributed by atoms with E-state index in [0.29, 0.717) is 38.0 Å². The van der Waals surface area contributed by atoms with Gasteiger partial charge >= 0.3 is 5.97 Å². The second-order valence-corrected chi connectivity index (χ2v) is 7.20. The van der Waals surface area contributed by atoms with Crippen LogP contribution in [0.5, 0.6) is 0 Å². The second-order valence-electron chi connectivity index (χ2n) is 7.20. The summed E-state index contributed by atoms with van der Waals surface area (Å²) in [4.78, 5) is 31.0. The normalized spacial score (nSPS) is 23.2. The summed E-state index contributed by atoms with van der Waals surface area (Å²) in [6.45, 7) is 1.22. The molecule has 6 heteroatoms. The van der Waals surface area contributed by atoms with Gasteiger partial charge in [-0.3, -0.25) is 14.6 Å². The van der Waals surface area contributed by atoms with Gasteiger partial charge in [-0.15, -0.1) is 0 Å². The largest absolute Gasteiger partial charge is 0.481 e. The van der Waals surface area contributed by atoms with Crippen LogP contribution >= 0.6 is 0 Å². The maximum absolute atomic E-state index is 12.9. The molecule has 1 atom stereocenters. The summed E-state index contributed by atoms with van der Waals surface area (Å²) >= 11 is 0. The van der Waals surface area contributed by atoms with Gasteiger partial charge in [0.25, 0.3) is 5.91 Å². The molecule has 3 rings (SSSR count). The van der Waals surface area contributed by atoms with Gasteiger partial charge in [-0.25, -0.2) is 0 Å². The SMILES string of the molecule is COCC[C@]1(C(=O)O)CCCN(C(=O)c2cnc3c(c2)CCCC3)C1. The van der Waals surface area contributed by atoms with Crippen LogP contribution in [0.25, 0.3) is 0 Å². The molecule has 25 heavy (non-hydrogen) atoms. The van der Waals surface area contributed by atoms with Gasteiger partial charge in [0, 0.05) is 38.7 Å². The van der Waals surface area contributed by atoms with Gasteiger partial charge in [0.1, 0.15) is 0 Å². The average Bonchev–Trinajstić information content (AvgIpc) is 2.65. The molecule has 136 valence electrons. The van der Waals surface area contributed by atoms with Crippen molar-refractivity contribution >= 4 is 11.9 Å². The van der Waals surface area contributed by atoms with E-state index in [2.05, 4.69) is 4.98 Å². The standard InChI is InChI=1S/C19H26N2O4/c1-25-10-8-19(18(23)24)7-4-9-21(13-19)17(22)15-11-14-5-2-3-6-16(14)20-12-15/h11-12H,2-10,13H2,1H3,(H,23,24)/t19-/m1/s1. The minimum absolute atomic E-state index is 0.108. The summed E-state index contributed by atoms with van der Waals surface area (Å²) in [5.41, 5.74) is 1.93. The first-order chi connectivity index (χ1) is 12.1. The average molecular weight is 346 g/mol. The molecule has 1 aromatic heterocycles. The zero-order valence-corrected chi connectivity index (χ0v) is 14.8. The number of aryl methyl sites for hydroxylation is 2. The van der Waals surface area contributed by atoms with Crippen LogP contribution in [0, 0.1) is 5.41 Å². The minimum atomic E-state index is -0.911. The molecular formula is C19H26N2O4. The maximum atomic E-state index is 12.9. The van der Waals surface area contributed by atoms with Crippen molar-refractivity contribution in [2.24, 2.45) is 5.41 Å². The lowest BCUT2D eigenvalue weighted by molar-refractivity contribution is -0.153. The van der Waals surface area contributed by atoms with Crippen LogP contribution < -0.4 is 0 Å². The summed E-state index contributed by atoms with van der Waals surface area (Å²) in [7, 11) is 1.57. The monoisotopic (exact) mass is 346 g/mol. The second kappa shape index (κ2) is 7.52. The fourth-order valence-corrected chi connectivity index (χ4v) is 3.98. The van der Waals surface area contributed by atoms with Crippen molar-refractivity contribution in [3.63, 3.8) is 0 Å². The Labute approximate surface area is 148 Å². The first-order valence-corrected chi connectivity index (χ1v) is 9.05. The number of amides is 1. The molecule has 1 aliphatic carbocycles. The van der Waals surface area contributed by atoms with E-state index in [1.54, 1.807) is 18.2 Å². The van der Waals surface area contributed by atoms with Crippen LogP contribution in [0.3, 0.4) is 0 Å². The van der Waals surface area contributed by atoms with Gasteiger partial charge < -0.3 is 14.7 Å². The maximum Gasteiger partial charge on any atom is 0.311 e. The zero-order chi connectivity index (χ0) is 17.9. The highest BCUT2D eigenvalue weighted by molar-refractivity contribution is 5.94. The number of hydrogen-bond donors (Lipinski definition) is 1. The van der Waals surface area contributed by atoms with Crippen molar-refractivity contribution in [2.75, 3.05) is 26.8 Å². The molecule has 6 nitrogen and oxygen atoms in total. The van der Waals surface area contributed by atoms with Crippen LogP contribution in [0.1, 0.15) is 53.7 Å². The highest BCUT2D eigenvalue weighted by Crippen LogP contribution is 2.34. The lowest BCUT2D eigenvalue weighted by Crippen LogP contribution is -2.50. The Morgan fingerprint density at radius 3 is 2.88 bits per heavy atom. The van der Waals surface area contributed by atoms with Gasteiger partial charge in [-0.1, -0.05) is 0 Å². The van der Waals surface area contributed by atoms with E-state index in [1.807, 2.05) is 6.07 Å². The lowest BCUT2D eigenvalue weighted by Gasteiger charge is -2.40. The molecule has 0 radical (unpaired) electrons. The molecule has 0 spiro atoms. The van der Waals surface area contributed by atoms with Crippen LogP contribution in [-0.4, -0.2) is 53.7 Å². The first-order valence-electron chi connectivity index (χ1n) is 9.05. The van der Waals surface area contributed by atoms with Crippen LogP contribution in [0.2, 0.25) is 0 Å². The van der Waals surface area contributed by atoms with E-state index in [4.69, 9.17) is 4.74 Å². The number of fused-ring (bicyclic) bond motifs is 1. The van der Waals surface area contributed by atoms with Gasteiger partial charge in [0.05, 0.1) is 11.0 Å². The number of carboxylic acid groups (broad SMARTS) is 1. The molecule has 0 saturated carbocycles. The number of aromatic nitrogens is 1. The summed E-state index contributed by atoms with van der Waals surface area (Å²) < 4.78 is 5.09. The Balaban J connectivity index is 1.78. The van der Waals surface area contributed by atoms with Crippen molar-refractivity contribution < 1.29 is 19.4 Å². The third-order valence-electron chi connectivity index (χ3n) is 5.52. The predicted molar refractivity (Wildman–Crippen MR) is 92.6 cm³/mol. The number of carbonyl (C=O) groups is 2. The van der Waals surface area contributed by atoms with Crippen LogP contribution in [-0.2, 0) is 22.4 Å². The summed E-state index contributed by atoms with van der Waals surface area (Å²) in [6, 6.07) is 1.95. The van der Waals surface area contributed by atoms with Crippen LogP contribution in [0.15, 0.2) is 12.3 Å². The number of carboxylic acids is 1. The fourth-order valence-electron chi connectivity index (χ4n) is 3.98. The smallest absolute Gasteiger partial charge is 0.311 e. The molecule has 0 aromatic carbocycles. The zero-order valence-electron chi connectivity index (χ0n) is 14.8. The fraction of sp³-hybridized carbons (Fsp3) is 0.632. The van der Waals surface area contributed by atoms with Crippen molar-refractivity contribution in [1.29, 1.82) is 0 Å². The van der Waals surface area contributed by atoms with E-state index in [9.17, 15) is 14.7 Å². The summed E-state index contributed by atoms with van der Waals surface area (Å²) in [5, 5.41) is 9.74. The molecule has 0 unspecified atom stereocenters. The van der Waals surface area contributed by atoms with Gasteiger partial charge in [-0.05, 0) is 56.6 Å². The van der Waals surface area contributed by atoms with E-state index in [-0.39, 0.29) is 12.5 Å². The number of methoxy groups -OCH3 is 1. The lowest BCUT2D eigenvalue weighted by atomic mass is 9.77. The van der Waals surface area contributed by atoms with Gasteiger partial charge in [-0.2, -0.15) is 0 Å². The van der Waals surface area contributed by atoms with Crippen molar-refractivity contribution in [1.82, 2.24) is 9.88 Å². The number of likely N-dealkylation sites (tertiary alicyclic amines) is 1. The molecule has 1 aliphatic heterocycles. The number of aliphatic carboxylic acids is 1. The predicted octanol–water partition coefficient (Wildman–Crippen LogP) is 2.30. The van der Waals surface area contributed by atoms with Gasteiger partial charge in [0.15, 0.2) is 0 Å². The molecular weight excluding hydrogens is 320 g/mol. The number of pyridine rings is 1. The molecule has 2 heterocycles. The highest BCUT2D eigenvalue weighted by Gasteiger charge is 2.43. The number of carbonyl (C=O) groups excluding carboxylic acids is 1. The Kier molecular flexibility index (Phi) is 5.37. The molecule has 1 N–H and O–H groups in total. The molecule has 1 aromatic rings. The first kappa shape index (κ1) is 17.9. The number of nitrogens with zero attached hydrogens (tertiary/aromatic N) is 2. The molecule has 1 fully saturated rings. The van der Waals surface area contributed by atoms with Crippen molar-refractivity contribution in [3.8, 4) is 0 Å². The third kappa shape index (κ3) is 3.68. The minimum Gasteiger partial charge on any atom is -0.481 e. The van der Waals surface area contributed by atoms with Crippen molar-refractivity contribution in [3.05, 3.63) is 29.1 Å². The summed E-state index contributed by atoms with van der Waals surface area (Å²) in [6.07, 6.45) is 7.58. The molecule has 0 bridgehead atoms. The highest BCUT2D eigenvalue weighted by atomic mass is 16.5. The number of ether oxygens (including phenoxy) is 1. The Morgan fingerprint density at radius 1 is 1.32 bits per heavy atom. The van der Waals surface area contributed by atoms with Gasteiger partial charge in [0.2, 0.25) is 0 Å². The molecule has 2 aliphatic rings. The number of rotatable bonds is 5. The Bertz CT molecular complexity index is 661. The van der Waals surface area contributed by atoms with E-state index in [1.165, 1.54) is 0 Å². The van der Waals surface area contributed by atoms with Crippen molar-refractivity contribution in [2.45, 2.75) is 44.9 Å². The van der Waals surface area contributed by atoms with E-state index < -0.39 is 11.4 Å². The number of piperidine rings is 1.